The third-order valence-corrected chi connectivity index (χ3v) is 2.49. The molecule has 8 nitrogen and oxygen atoms in total. The molecule has 0 aliphatic carbocycles. The van der Waals surface area contributed by atoms with Crippen molar-refractivity contribution >= 4 is 5.96 Å². The van der Waals surface area contributed by atoms with Crippen molar-refractivity contribution in [2.75, 3.05) is 27.2 Å². The molecule has 1 aromatic carbocycles. The summed E-state index contributed by atoms with van der Waals surface area (Å²) >= 11 is 0. The summed E-state index contributed by atoms with van der Waals surface area (Å²) in [6.45, 7) is 1.75. The van der Waals surface area contributed by atoms with Crippen molar-refractivity contribution in [1.29, 1.82) is 5.41 Å². The molecule has 1 rings (SSSR count). The SMILES string of the molecule is CN(C)Cc1cccc(OCCCNC(=N)N[N+](=O)[O-])c1. The Kier molecular flexibility index (Phi) is 6.96. The maximum absolute atomic E-state index is 10.1. The number of hydrazine groups is 1. The van der Waals surface area contributed by atoms with E-state index in [-0.39, 0.29) is 5.96 Å². The van der Waals surface area contributed by atoms with E-state index >= 15 is 0 Å². The van der Waals surface area contributed by atoms with Gasteiger partial charge in [0.15, 0.2) is 5.03 Å². The largest absolute Gasteiger partial charge is 0.494 e. The van der Waals surface area contributed by atoms with Gasteiger partial charge in [0.25, 0.3) is 5.96 Å². The lowest BCUT2D eigenvalue weighted by Gasteiger charge is -2.12. The highest BCUT2D eigenvalue weighted by atomic mass is 16.7. The fraction of sp³-hybridized carbons (Fsp3) is 0.462. The summed E-state index contributed by atoms with van der Waals surface area (Å²) in [7, 11) is 4.01. The van der Waals surface area contributed by atoms with Gasteiger partial charge in [-0.1, -0.05) is 17.6 Å². The average Bonchev–Trinajstić information content (AvgIpc) is 2.37. The number of benzene rings is 1. The standard InChI is InChI=1S/C13H21N5O3/c1-17(2)10-11-5-3-6-12(9-11)21-8-4-7-15-13(14)16-18(19)20/h3,5-6,9H,4,7-8,10H2,1-2H3,(H3,14,15,16). The normalized spacial score (nSPS) is 10.2. The monoisotopic (exact) mass is 295 g/mol. The Labute approximate surface area is 123 Å². The number of rotatable bonds is 8. The van der Waals surface area contributed by atoms with Crippen molar-refractivity contribution in [2.24, 2.45) is 0 Å². The molecular weight excluding hydrogens is 274 g/mol. The number of nitrogens with zero attached hydrogens (tertiary/aromatic N) is 2. The third-order valence-electron chi connectivity index (χ3n) is 2.49. The summed E-state index contributed by atoms with van der Waals surface area (Å²) in [4.78, 5) is 12.2. The van der Waals surface area contributed by atoms with Gasteiger partial charge in [0.1, 0.15) is 5.75 Å². The maximum Gasteiger partial charge on any atom is 0.251 e. The molecule has 0 saturated carbocycles. The highest BCUT2D eigenvalue weighted by molar-refractivity contribution is 5.74. The average molecular weight is 295 g/mol. The molecule has 3 N–H and O–H groups in total. The summed E-state index contributed by atoms with van der Waals surface area (Å²) in [6.07, 6.45) is 0.639. The number of guanidine groups is 1. The van der Waals surface area contributed by atoms with Crippen molar-refractivity contribution in [3.63, 3.8) is 0 Å². The van der Waals surface area contributed by atoms with Crippen molar-refractivity contribution < 1.29 is 9.77 Å². The van der Waals surface area contributed by atoms with E-state index in [1.165, 1.54) is 5.56 Å². The third kappa shape index (κ3) is 7.73. The Bertz CT molecular complexity index is 479. The molecule has 0 aliphatic heterocycles. The van der Waals surface area contributed by atoms with Gasteiger partial charge in [0.2, 0.25) is 0 Å². The lowest BCUT2D eigenvalue weighted by atomic mass is 10.2. The number of nitro groups is 1. The van der Waals surface area contributed by atoms with Gasteiger partial charge in [-0.05, 0) is 38.2 Å². The van der Waals surface area contributed by atoms with Crippen LogP contribution in [-0.4, -0.2) is 43.1 Å². The van der Waals surface area contributed by atoms with Crippen LogP contribution in [0.2, 0.25) is 0 Å². The van der Waals surface area contributed by atoms with Gasteiger partial charge >= 0.3 is 0 Å². The molecule has 116 valence electrons. The van der Waals surface area contributed by atoms with Crippen LogP contribution >= 0.6 is 0 Å². The van der Waals surface area contributed by atoms with E-state index in [1.807, 2.05) is 38.4 Å². The van der Waals surface area contributed by atoms with Gasteiger partial charge in [-0.2, -0.15) is 0 Å². The van der Waals surface area contributed by atoms with E-state index < -0.39 is 5.03 Å². The molecule has 0 amide bonds. The molecular formula is C13H21N5O3. The van der Waals surface area contributed by atoms with Crippen LogP contribution in [0.4, 0.5) is 0 Å². The highest BCUT2D eigenvalue weighted by Crippen LogP contribution is 2.14. The van der Waals surface area contributed by atoms with E-state index in [1.54, 1.807) is 5.43 Å². The maximum atomic E-state index is 10.1. The minimum absolute atomic E-state index is 0.326. The quantitative estimate of drug-likeness (QED) is 0.216. The zero-order valence-electron chi connectivity index (χ0n) is 12.3. The Hall–Kier alpha value is -2.35. The minimum Gasteiger partial charge on any atom is -0.494 e. The molecule has 0 aromatic heterocycles. The van der Waals surface area contributed by atoms with E-state index in [2.05, 4.69) is 10.2 Å². The molecule has 0 fully saturated rings. The summed E-state index contributed by atoms with van der Waals surface area (Å²) in [6, 6.07) is 7.87. The van der Waals surface area contributed by atoms with E-state index in [0.717, 1.165) is 12.3 Å². The lowest BCUT2D eigenvalue weighted by molar-refractivity contribution is -0.525. The predicted octanol–water partition coefficient (Wildman–Crippen LogP) is 0.823. The molecule has 8 heteroatoms. The van der Waals surface area contributed by atoms with Crippen LogP contribution in [-0.2, 0) is 6.54 Å². The fourth-order valence-electron chi connectivity index (χ4n) is 1.71. The zero-order chi connectivity index (χ0) is 15.7. The van der Waals surface area contributed by atoms with Crippen LogP contribution < -0.4 is 15.5 Å². The van der Waals surface area contributed by atoms with Crippen LogP contribution in [0.25, 0.3) is 0 Å². The van der Waals surface area contributed by atoms with Crippen LogP contribution in [0.15, 0.2) is 24.3 Å². The molecule has 0 aliphatic rings. The second kappa shape index (κ2) is 8.75. The summed E-state index contributed by atoms with van der Waals surface area (Å²) < 4.78 is 5.61. The number of hydrogen-bond donors (Lipinski definition) is 3. The van der Waals surface area contributed by atoms with Crippen LogP contribution in [0.3, 0.4) is 0 Å². The first-order chi connectivity index (χ1) is 9.97. The molecule has 1 aromatic rings. The van der Waals surface area contributed by atoms with Gasteiger partial charge in [0.05, 0.1) is 6.61 Å². The summed E-state index contributed by atoms with van der Waals surface area (Å²) in [5, 5.41) is 19.1. The first-order valence-electron chi connectivity index (χ1n) is 6.57. The number of hydrogen-bond acceptors (Lipinski definition) is 5. The fourth-order valence-corrected chi connectivity index (χ4v) is 1.71. The zero-order valence-corrected chi connectivity index (χ0v) is 12.3. The lowest BCUT2D eigenvalue weighted by Crippen LogP contribution is -2.40. The first-order valence-corrected chi connectivity index (χ1v) is 6.57. The molecule has 0 unspecified atom stereocenters. The van der Waals surface area contributed by atoms with Gasteiger partial charge in [0, 0.05) is 13.1 Å². The van der Waals surface area contributed by atoms with Crippen molar-refractivity contribution in [2.45, 2.75) is 13.0 Å². The van der Waals surface area contributed by atoms with Crippen molar-refractivity contribution in [1.82, 2.24) is 15.6 Å². The number of ether oxygens (including phenoxy) is 1. The molecule has 0 radical (unpaired) electrons. The second-order valence-electron chi connectivity index (χ2n) is 4.76. The van der Waals surface area contributed by atoms with Crippen LogP contribution in [0.1, 0.15) is 12.0 Å². The van der Waals surface area contributed by atoms with Gasteiger partial charge in [-0.25, -0.2) is 10.1 Å². The van der Waals surface area contributed by atoms with Crippen molar-refractivity contribution in [3.8, 4) is 5.75 Å². The molecule has 0 bridgehead atoms. The van der Waals surface area contributed by atoms with Crippen LogP contribution in [0.5, 0.6) is 5.75 Å². The highest BCUT2D eigenvalue weighted by Gasteiger charge is 2.01. The first kappa shape index (κ1) is 16.7. The minimum atomic E-state index is -0.776. The van der Waals surface area contributed by atoms with Crippen molar-refractivity contribution in [3.05, 3.63) is 39.9 Å². The smallest absolute Gasteiger partial charge is 0.251 e. The van der Waals surface area contributed by atoms with Gasteiger partial charge in [-0.15, -0.1) is 0 Å². The Morgan fingerprint density at radius 1 is 1.48 bits per heavy atom. The molecule has 0 heterocycles. The summed E-state index contributed by atoms with van der Waals surface area (Å²) in [5.74, 6) is 0.473. The molecule has 0 spiro atoms. The summed E-state index contributed by atoms with van der Waals surface area (Å²) in [5.41, 5.74) is 2.90. The topological polar surface area (TPSA) is 104 Å². The molecule has 0 saturated heterocycles. The Morgan fingerprint density at radius 3 is 2.90 bits per heavy atom. The van der Waals surface area contributed by atoms with E-state index in [9.17, 15) is 10.1 Å². The Morgan fingerprint density at radius 2 is 2.24 bits per heavy atom. The predicted molar refractivity (Wildman–Crippen MR) is 79.8 cm³/mol. The van der Waals surface area contributed by atoms with E-state index in [4.69, 9.17) is 10.1 Å². The van der Waals surface area contributed by atoms with E-state index in [0.29, 0.717) is 19.6 Å². The molecule has 0 atom stereocenters. The second-order valence-corrected chi connectivity index (χ2v) is 4.76. The Balaban J connectivity index is 2.23. The van der Waals surface area contributed by atoms with Gasteiger partial charge < -0.3 is 15.0 Å². The van der Waals surface area contributed by atoms with Gasteiger partial charge in [-0.3, -0.25) is 5.41 Å². The number of nitrogens with one attached hydrogen (secondary N) is 3. The van der Waals surface area contributed by atoms with Crippen LogP contribution in [0, 0.1) is 15.5 Å². The molecule has 21 heavy (non-hydrogen) atoms.